The van der Waals surface area contributed by atoms with Gasteiger partial charge < -0.3 is 15.3 Å². The topological polar surface area (TPSA) is 86.7 Å². The van der Waals surface area contributed by atoms with E-state index in [4.69, 9.17) is 5.11 Å². The summed E-state index contributed by atoms with van der Waals surface area (Å²) in [6.45, 7) is 2.85. The number of carbonyl (C=O) groups is 3. The van der Waals surface area contributed by atoms with Crippen molar-refractivity contribution in [2.24, 2.45) is 5.92 Å². The van der Waals surface area contributed by atoms with E-state index in [0.717, 1.165) is 11.1 Å². The van der Waals surface area contributed by atoms with Crippen molar-refractivity contribution < 1.29 is 19.5 Å². The standard InChI is InChI=1S/C22H24N2O4/c1-15(17-5-3-2-4-6-17)24-14-19(13-20(24)25)21(26)23-12-11-16-7-9-18(10-8-16)22(27)28/h2-10,15,19H,11-14H2,1H3,(H,23,26)(H,27,28). The first-order chi connectivity index (χ1) is 13.5. The largest absolute Gasteiger partial charge is 0.478 e. The maximum atomic E-state index is 12.5. The van der Waals surface area contributed by atoms with Gasteiger partial charge in [-0.05, 0) is 36.6 Å². The van der Waals surface area contributed by atoms with Crippen molar-refractivity contribution in [2.75, 3.05) is 13.1 Å². The molecule has 3 rings (SSSR count). The summed E-state index contributed by atoms with van der Waals surface area (Å²) in [5, 5.41) is 11.8. The molecule has 0 spiro atoms. The molecule has 1 aliphatic heterocycles. The van der Waals surface area contributed by atoms with Crippen LogP contribution in [0.4, 0.5) is 0 Å². The fourth-order valence-corrected chi connectivity index (χ4v) is 3.48. The van der Waals surface area contributed by atoms with E-state index in [2.05, 4.69) is 5.32 Å². The van der Waals surface area contributed by atoms with Crippen LogP contribution in [0.15, 0.2) is 54.6 Å². The van der Waals surface area contributed by atoms with Crippen LogP contribution in [0.1, 0.15) is 40.9 Å². The summed E-state index contributed by atoms with van der Waals surface area (Å²) in [5.74, 6) is -1.41. The minimum absolute atomic E-state index is 0.000706. The lowest BCUT2D eigenvalue weighted by molar-refractivity contribution is -0.130. The fraction of sp³-hybridized carbons (Fsp3) is 0.318. The maximum Gasteiger partial charge on any atom is 0.335 e. The van der Waals surface area contributed by atoms with Gasteiger partial charge in [0.05, 0.1) is 17.5 Å². The molecule has 6 nitrogen and oxygen atoms in total. The monoisotopic (exact) mass is 380 g/mol. The summed E-state index contributed by atoms with van der Waals surface area (Å²) in [6.07, 6.45) is 0.840. The summed E-state index contributed by atoms with van der Waals surface area (Å²) in [4.78, 5) is 37.5. The number of benzene rings is 2. The van der Waals surface area contributed by atoms with Crippen molar-refractivity contribution in [3.05, 3.63) is 71.3 Å². The van der Waals surface area contributed by atoms with E-state index in [1.165, 1.54) is 0 Å². The average molecular weight is 380 g/mol. The first-order valence-corrected chi connectivity index (χ1v) is 9.40. The van der Waals surface area contributed by atoms with E-state index in [0.29, 0.717) is 19.5 Å². The number of carboxylic acids is 1. The molecule has 0 bridgehead atoms. The van der Waals surface area contributed by atoms with Crippen LogP contribution in [-0.4, -0.2) is 40.9 Å². The quantitative estimate of drug-likeness (QED) is 0.773. The summed E-state index contributed by atoms with van der Waals surface area (Å²) < 4.78 is 0. The lowest BCUT2D eigenvalue weighted by atomic mass is 10.1. The van der Waals surface area contributed by atoms with E-state index < -0.39 is 5.97 Å². The first-order valence-electron chi connectivity index (χ1n) is 9.40. The third kappa shape index (κ3) is 4.57. The zero-order chi connectivity index (χ0) is 20.1. The van der Waals surface area contributed by atoms with Gasteiger partial charge in [0.2, 0.25) is 11.8 Å². The van der Waals surface area contributed by atoms with Crippen LogP contribution in [0.25, 0.3) is 0 Å². The molecule has 2 atom stereocenters. The second kappa shape index (κ2) is 8.69. The van der Waals surface area contributed by atoms with Gasteiger partial charge in [0, 0.05) is 19.5 Å². The van der Waals surface area contributed by atoms with E-state index in [-0.39, 0.29) is 35.8 Å². The van der Waals surface area contributed by atoms with Crippen LogP contribution in [-0.2, 0) is 16.0 Å². The Balaban J connectivity index is 1.50. The first kappa shape index (κ1) is 19.6. The Morgan fingerprint density at radius 3 is 2.46 bits per heavy atom. The number of likely N-dealkylation sites (tertiary alicyclic amines) is 1. The van der Waals surface area contributed by atoms with Crippen LogP contribution in [0.3, 0.4) is 0 Å². The highest BCUT2D eigenvalue weighted by Crippen LogP contribution is 2.28. The van der Waals surface area contributed by atoms with Gasteiger partial charge in [0.1, 0.15) is 0 Å². The Hall–Kier alpha value is -3.15. The highest BCUT2D eigenvalue weighted by atomic mass is 16.4. The molecular formula is C22H24N2O4. The number of rotatable bonds is 7. The molecule has 2 aromatic carbocycles. The van der Waals surface area contributed by atoms with Crippen molar-refractivity contribution in [3.8, 4) is 0 Å². The molecule has 0 saturated carbocycles. The van der Waals surface area contributed by atoms with Gasteiger partial charge in [-0.2, -0.15) is 0 Å². The zero-order valence-electron chi connectivity index (χ0n) is 15.8. The van der Waals surface area contributed by atoms with Crippen molar-refractivity contribution in [1.29, 1.82) is 0 Å². The number of nitrogens with zero attached hydrogens (tertiary/aromatic N) is 1. The van der Waals surface area contributed by atoms with Gasteiger partial charge in [0.15, 0.2) is 0 Å². The number of carboxylic acid groups (broad SMARTS) is 1. The summed E-state index contributed by atoms with van der Waals surface area (Å²) in [5.41, 5.74) is 2.25. The second-order valence-corrected chi connectivity index (χ2v) is 7.08. The maximum absolute atomic E-state index is 12.5. The third-order valence-electron chi connectivity index (χ3n) is 5.19. The molecule has 0 radical (unpaired) electrons. The SMILES string of the molecule is CC(c1ccccc1)N1CC(C(=O)NCCc2ccc(C(=O)O)cc2)CC1=O. The lowest BCUT2D eigenvalue weighted by Crippen LogP contribution is -2.34. The number of nitrogens with one attached hydrogen (secondary N) is 1. The second-order valence-electron chi connectivity index (χ2n) is 7.08. The zero-order valence-corrected chi connectivity index (χ0v) is 15.8. The van der Waals surface area contributed by atoms with Crippen molar-refractivity contribution in [1.82, 2.24) is 10.2 Å². The molecular weight excluding hydrogens is 356 g/mol. The fourth-order valence-electron chi connectivity index (χ4n) is 3.48. The molecule has 2 N–H and O–H groups in total. The van der Waals surface area contributed by atoms with Crippen molar-refractivity contribution >= 4 is 17.8 Å². The Morgan fingerprint density at radius 2 is 1.82 bits per heavy atom. The molecule has 2 amide bonds. The highest BCUT2D eigenvalue weighted by molar-refractivity contribution is 5.89. The van der Waals surface area contributed by atoms with Gasteiger partial charge in [-0.1, -0.05) is 42.5 Å². The van der Waals surface area contributed by atoms with E-state index in [9.17, 15) is 14.4 Å². The number of hydrogen-bond donors (Lipinski definition) is 2. The molecule has 0 aliphatic carbocycles. The summed E-state index contributed by atoms with van der Waals surface area (Å²) in [7, 11) is 0. The number of aromatic carboxylic acids is 1. The Morgan fingerprint density at radius 1 is 1.14 bits per heavy atom. The van der Waals surface area contributed by atoms with Gasteiger partial charge >= 0.3 is 5.97 Å². The molecule has 2 aromatic rings. The molecule has 28 heavy (non-hydrogen) atoms. The number of amides is 2. The molecule has 6 heteroatoms. The predicted molar refractivity (Wildman–Crippen MR) is 105 cm³/mol. The minimum atomic E-state index is -0.958. The van der Waals surface area contributed by atoms with Crippen LogP contribution in [0.5, 0.6) is 0 Å². The minimum Gasteiger partial charge on any atom is -0.478 e. The van der Waals surface area contributed by atoms with E-state index in [1.54, 1.807) is 29.2 Å². The molecule has 1 aliphatic rings. The van der Waals surface area contributed by atoms with Gasteiger partial charge in [-0.3, -0.25) is 9.59 Å². The molecule has 1 saturated heterocycles. The number of hydrogen-bond acceptors (Lipinski definition) is 3. The van der Waals surface area contributed by atoms with Crippen LogP contribution in [0.2, 0.25) is 0 Å². The van der Waals surface area contributed by atoms with Gasteiger partial charge in [-0.15, -0.1) is 0 Å². The summed E-state index contributed by atoms with van der Waals surface area (Å²) >= 11 is 0. The molecule has 146 valence electrons. The molecule has 1 fully saturated rings. The molecule has 1 heterocycles. The van der Waals surface area contributed by atoms with Crippen molar-refractivity contribution in [2.45, 2.75) is 25.8 Å². The Kier molecular flexibility index (Phi) is 6.09. The summed E-state index contributed by atoms with van der Waals surface area (Å²) in [6, 6.07) is 16.3. The molecule has 0 aromatic heterocycles. The van der Waals surface area contributed by atoms with Gasteiger partial charge in [0.25, 0.3) is 0 Å². The molecule has 2 unspecified atom stereocenters. The van der Waals surface area contributed by atoms with Gasteiger partial charge in [-0.25, -0.2) is 4.79 Å². The van der Waals surface area contributed by atoms with Crippen LogP contribution >= 0.6 is 0 Å². The van der Waals surface area contributed by atoms with E-state index in [1.807, 2.05) is 37.3 Å². The Labute approximate surface area is 164 Å². The van der Waals surface area contributed by atoms with Crippen LogP contribution in [0, 0.1) is 5.92 Å². The smallest absolute Gasteiger partial charge is 0.335 e. The van der Waals surface area contributed by atoms with Crippen LogP contribution < -0.4 is 5.32 Å². The lowest BCUT2D eigenvalue weighted by Gasteiger charge is -2.25. The third-order valence-corrected chi connectivity index (χ3v) is 5.19. The van der Waals surface area contributed by atoms with E-state index >= 15 is 0 Å². The Bertz CT molecular complexity index is 849. The predicted octanol–water partition coefficient (Wildman–Crippen LogP) is 2.65. The number of carbonyl (C=O) groups excluding carboxylic acids is 2. The highest BCUT2D eigenvalue weighted by Gasteiger charge is 2.36. The van der Waals surface area contributed by atoms with Crippen molar-refractivity contribution in [3.63, 3.8) is 0 Å². The average Bonchev–Trinajstić information content (AvgIpc) is 3.10. The normalized spacial score (nSPS) is 17.4.